The summed E-state index contributed by atoms with van der Waals surface area (Å²) in [5.74, 6) is 0.293. The molecular formula is C7H7BrN2O3. The van der Waals surface area contributed by atoms with Gasteiger partial charge in [0.15, 0.2) is 0 Å². The van der Waals surface area contributed by atoms with Gasteiger partial charge in [0.2, 0.25) is 0 Å². The van der Waals surface area contributed by atoms with E-state index in [4.69, 9.17) is 10.5 Å². The van der Waals surface area contributed by atoms with E-state index in [-0.39, 0.29) is 5.69 Å². The topological polar surface area (TPSA) is 78.4 Å². The molecule has 0 fully saturated rings. The maximum atomic E-state index is 10.4. The second-order valence-corrected chi connectivity index (χ2v) is 3.15. The number of rotatable bonds is 2. The lowest BCUT2D eigenvalue weighted by Crippen LogP contribution is -1.96. The molecular weight excluding hydrogens is 240 g/mol. The molecule has 0 saturated carbocycles. The quantitative estimate of drug-likeness (QED) is 0.492. The number of nitrogens with zero attached hydrogens (tertiary/aromatic N) is 1. The minimum absolute atomic E-state index is 0.0575. The summed E-state index contributed by atoms with van der Waals surface area (Å²) in [6, 6.07) is 2.61. The van der Waals surface area contributed by atoms with Gasteiger partial charge in [0.25, 0.3) is 5.69 Å². The molecule has 0 bridgehead atoms. The SMILES string of the molecule is COc1cc([N+](=O)[O-])cc(Br)c1N. The molecule has 0 amide bonds. The Labute approximate surface area is 82.8 Å². The molecule has 0 radical (unpaired) electrons. The van der Waals surface area contributed by atoms with Crippen LogP contribution in [0.15, 0.2) is 16.6 Å². The summed E-state index contributed by atoms with van der Waals surface area (Å²) in [5, 5.41) is 10.4. The van der Waals surface area contributed by atoms with Gasteiger partial charge in [0.1, 0.15) is 5.75 Å². The number of non-ortho nitro benzene ring substituents is 1. The minimum Gasteiger partial charge on any atom is -0.494 e. The van der Waals surface area contributed by atoms with Crippen LogP contribution in [-0.2, 0) is 0 Å². The van der Waals surface area contributed by atoms with Gasteiger partial charge < -0.3 is 10.5 Å². The lowest BCUT2D eigenvalue weighted by atomic mass is 10.2. The van der Waals surface area contributed by atoms with Gasteiger partial charge >= 0.3 is 0 Å². The normalized spacial score (nSPS) is 9.69. The molecule has 1 rings (SSSR count). The van der Waals surface area contributed by atoms with Crippen molar-refractivity contribution >= 4 is 27.3 Å². The van der Waals surface area contributed by atoms with E-state index in [2.05, 4.69) is 15.9 Å². The number of nitrogens with two attached hydrogens (primary N) is 1. The third-order valence-corrected chi connectivity index (χ3v) is 2.16. The largest absolute Gasteiger partial charge is 0.494 e. The summed E-state index contributed by atoms with van der Waals surface area (Å²) in [7, 11) is 1.40. The van der Waals surface area contributed by atoms with Crippen LogP contribution < -0.4 is 10.5 Å². The van der Waals surface area contributed by atoms with Crippen LogP contribution in [0.4, 0.5) is 11.4 Å². The van der Waals surface area contributed by atoms with Crippen molar-refractivity contribution in [2.75, 3.05) is 12.8 Å². The number of nitro groups is 1. The van der Waals surface area contributed by atoms with Crippen LogP contribution in [0.5, 0.6) is 5.75 Å². The summed E-state index contributed by atoms with van der Waals surface area (Å²) >= 11 is 3.10. The molecule has 0 heterocycles. The zero-order chi connectivity index (χ0) is 10.0. The number of hydrogen-bond acceptors (Lipinski definition) is 4. The Morgan fingerprint density at radius 1 is 1.62 bits per heavy atom. The third-order valence-electron chi connectivity index (χ3n) is 1.51. The Balaban J connectivity index is 3.30. The van der Waals surface area contributed by atoms with Crippen molar-refractivity contribution in [1.82, 2.24) is 0 Å². The van der Waals surface area contributed by atoms with Crippen LogP contribution in [0.3, 0.4) is 0 Å². The summed E-state index contributed by atoms with van der Waals surface area (Å²) in [6.07, 6.45) is 0. The average molecular weight is 247 g/mol. The van der Waals surface area contributed by atoms with Crippen molar-refractivity contribution in [3.8, 4) is 5.75 Å². The maximum Gasteiger partial charge on any atom is 0.274 e. The molecule has 0 spiro atoms. The number of nitro benzene ring substituents is 1. The van der Waals surface area contributed by atoms with E-state index < -0.39 is 4.92 Å². The molecule has 0 aliphatic heterocycles. The highest BCUT2D eigenvalue weighted by Crippen LogP contribution is 2.34. The predicted octanol–water partition coefficient (Wildman–Crippen LogP) is 1.95. The van der Waals surface area contributed by atoms with Crippen LogP contribution in [-0.4, -0.2) is 12.0 Å². The molecule has 0 aromatic heterocycles. The maximum absolute atomic E-state index is 10.4. The van der Waals surface area contributed by atoms with Gasteiger partial charge in [-0.05, 0) is 15.9 Å². The Morgan fingerprint density at radius 3 is 2.69 bits per heavy atom. The van der Waals surface area contributed by atoms with Gasteiger partial charge in [-0.2, -0.15) is 0 Å². The predicted molar refractivity (Wildman–Crippen MR) is 51.8 cm³/mol. The van der Waals surface area contributed by atoms with Crippen LogP contribution >= 0.6 is 15.9 Å². The van der Waals surface area contributed by atoms with E-state index >= 15 is 0 Å². The van der Waals surface area contributed by atoms with E-state index in [1.807, 2.05) is 0 Å². The standard InChI is InChI=1S/C7H7BrN2O3/c1-13-6-3-4(10(11)12)2-5(8)7(6)9/h2-3H,9H2,1H3. The highest BCUT2D eigenvalue weighted by Gasteiger charge is 2.13. The van der Waals surface area contributed by atoms with E-state index in [0.717, 1.165) is 0 Å². The van der Waals surface area contributed by atoms with Gasteiger partial charge in [0, 0.05) is 6.07 Å². The number of anilines is 1. The summed E-state index contributed by atoms with van der Waals surface area (Å²) < 4.78 is 5.31. The van der Waals surface area contributed by atoms with Crippen molar-refractivity contribution in [1.29, 1.82) is 0 Å². The number of methoxy groups -OCH3 is 1. The summed E-state index contributed by atoms with van der Waals surface area (Å²) in [4.78, 5) is 9.91. The second kappa shape index (κ2) is 3.61. The Bertz CT molecular complexity index is 354. The molecule has 0 saturated heterocycles. The van der Waals surface area contributed by atoms with Gasteiger partial charge in [-0.15, -0.1) is 0 Å². The fourth-order valence-electron chi connectivity index (χ4n) is 0.853. The average Bonchev–Trinajstić information content (AvgIpc) is 2.09. The van der Waals surface area contributed by atoms with Crippen molar-refractivity contribution in [2.45, 2.75) is 0 Å². The van der Waals surface area contributed by atoms with E-state index in [1.54, 1.807) is 0 Å². The van der Waals surface area contributed by atoms with Crippen molar-refractivity contribution < 1.29 is 9.66 Å². The van der Waals surface area contributed by atoms with E-state index in [9.17, 15) is 10.1 Å². The Hall–Kier alpha value is -1.30. The van der Waals surface area contributed by atoms with Gasteiger partial charge in [-0.25, -0.2) is 0 Å². The minimum atomic E-state index is -0.507. The first-order valence-corrected chi connectivity index (χ1v) is 4.13. The second-order valence-electron chi connectivity index (χ2n) is 2.30. The number of halogens is 1. The van der Waals surface area contributed by atoms with Crippen molar-refractivity contribution in [3.63, 3.8) is 0 Å². The number of hydrogen-bond donors (Lipinski definition) is 1. The molecule has 70 valence electrons. The third kappa shape index (κ3) is 1.89. The van der Waals surface area contributed by atoms with Gasteiger partial charge in [-0.1, -0.05) is 0 Å². The van der Waals surface area contributed by atoms with Crippen LogP contribution in [0, 0.1) is 10.1 Å². The highest BCUT2D eigenvalue weighted by molar-refractivity contribution is 9.10. The molecule has 0 unspecified atom stereocenters. The number of benzene rings is 1. The zero-order valence-corrected chi connectivity index (χ0v) is 8.37. The molecule has 2 N–H and O–H groups in total. The van der Waals surface area contributed by atoms with Crippen molar-refractivity contribution in [2.24, 2.45) is 0 Å². The molecule has 1 aromatic rings. The molecule has 5 nitrogen and oxygen atoms in total. The first-order chi connectivity index (χ1) is 6.06. The lowest BCUT2D eigenvalue weighted by Gasteiger charge is -2.05. The number of ether oxygens (including phenoxy) is 1. The van der Waals surface area contributed by atoms with Crippen LogP contribution in [0.25, 0.3) is 0 Å². The first kappa shape index (κ1) is 9.79. The summed E-state index contributed by atoms with van der Waals surface area (Å²) in [5.41, 5.74) is 5.86. The Morgan fingerprint density at radius 2 is 2.23 bits per heavy atom. The molecule has 1 aromatic carbocycles. The summed E-state index contributed by atoms with van der Waals surface area (Å²) in [6.45, 7) is 0. The van der Waals surface area contributed by atoms with E-state index in [0.29, 0.717) is 15.9 Å². The fourth-order valence-corrected chi connectivity index (χ4v) is 1.28. The van der Waals surface area contributed by atoms with Crippen LogP contribution in [0.1, 0.15) is 0 Å². The molecule has 6 heteroatoms. The smallest absolute Gasteiger partial charge is 0.274 e. The zero-order valence-electron chi connectivity index (χ0n) is 6.78. The van der Waals surface area contributed by atoms with Crippen LogP contribution in [0.2, 0.25) is 0 Å². The molecule has 0 atom stereocenters. The molecule has 0 aliphatic rings. The van der Waals surface area contributed by atoms with Crippen molar-refractivity contribution in [3.05, 3.63) is 26.7 Å². The lowest BCUT2D eigenvalue weighted by molar-refractivity contribution is -0.385. The number of nitrogen functional groups attached to an aromatic ring is 1. The van der Waals surface area contributed by atoms with E-state index in [1.165, 1.54) is 19.2 Å². The monoisotopic (exact) mass is 246 g/mol. The first-order valence-electron chi connectivity index (χ1n) is 3.33. The molecule has 13 heavy (non-hydrogen) atoms. The Kier molecular flexibility index (Phi) is 2.72. The van der Waals surface area contributed by atoms with Gasteiger partial charge in [-0.3, -0.25) is 10.1 Å². The highest BCUT2D eigenvalue weighted by atomic mass is 79.9. The fraction of sp³-hybridized carbons (Fsp3) is 0.143. The molecule has 0 aliphatic carbocycles. The van der Waals surface area contributed by atoms with Gasteiger partial charge in [0.05, 0.1) is 28.3 Å².